The van der Waals surface area contributed by atoms with E-state index in [0.717, 1.165) is 9.84 Å². The summed E-state index contributed by atoms with van der Waals surface area (Å²) in [6.07, 6.45) is 17.7. The lowest BCUT2D eigenvalue weighted by Crippen LogP contribution is -2.25. The van der Waals surface area contributed by atoms with Crippen molar-refractivity contribution >= 4 is 22.6 Å². The van der Waals surface area contributed by atoms with E-state index in [4.69, 9.17) is 0 Å². The molecule has 0 unspecified atom stereocenters. The molecular formula is C15H29I. The predicted molar refractivity (Wildman–Crippen MR) is 82.4 cm³/mol. The van der Waals surface area contributed by atoms with E-state index in [-0.39, 0.29) is 0 Å². The van der Waals surface area contributed by atoms with Crippen LogP contribution in [0.5, 0.6) is 0 Å². The summed E-state index contributed by atoms with van der Waals surface area (Å²) in [6, 6.07) is 0. The van der Waals surface area contributed by atoms with Crippen LogP contribution in [-0.4, -0.2) is 3.92 Å². The van der Waals surface area contributed by atoms with Gasteiger partial charge in [-0.2, -0.15) is 0 Å². The van der Waals surface area contributed by atoms with E-state index >= 15 is 0 Å². The Balaban J connectivity index is 1.71. The molecule has 1 saturated carbocycles. The number of alkyl halides is 1. The number of unbranched alkanes of at least 4 members (excludes halogenated alkanes) is 8. The van der Waals surface area contributed by atoms with Crippen molar-refractivity contribution in [3.8, 4) is 0 Å². The third-order valence-corrected chi connectivity index (χ3v) is 5.64. The van der Waals surface area contributed by atoms with Crippen molar-refractivity contribution < 1.29 is 0 Å². The molecule has 0 aromatic carbocycles. The van der Waals surface area contributed by atoms with Crippen LogP contribution in [0.25, 0.3) is 0 Å². The van der Waals surface area contributed by atoms with Gasteiger partial charge < -0.3 is 0 Å². The zero-order valence-electron chi connectivity index (χ0n) is 11.0. The maximum Gasteiger partial charge on any atom is 0.0138 e. The van der Waals surface area contributed by atoms with Crippen LogP contribution in [0.2, 0.25) is 0 Å². The Morgan fingerprint density at radius 2 is 1.38 bits per heavy atom. The Kier molecular flexibility index (Phi) is 8.99. The van der Waals surface area contributed by atoms with Crippen molar-refractivity contribution in [3.05, 3.63) is 0 Å². The van der Waals surface area contributed by atoms with E-state index in [9.17, 15) is 0 Å². The molecule has 0 aromatic heterocycles. The monoisotopic (exact) mass is 336 g/mol. The van der Waals surface area contributed by atoms with Crippen molar-refractivity contribution in [1.82, 2.24) is 0 Å². The van der Waals surface area contributed by atoms with Gasteiger partial charge in [-0.15, -0.1) is 0 Å². The summed E-state index contributed by atoms with van der Waals surface area (Å²) in [5.74, 6) is 1.09. The number of hydrogen-bond donors (Lipinski definition) is 0. The number of halogens is 1. The highest BCUT2D eigenvalue weighted by molar-refractivity contribution is 14.1. The van der Waals surface area contributed by atoms with Gasteiger partial charge in [-0.05, 0) is 25.2 Å². The second kappa shape index (κ2) is 9.73. The summed E-state index contributed by atoms with van der Waals surface area (Å²) in [5.41, 5.74) is 0. The molecule has 0 spiro atoms. The van der Waals surface area contributed by atoms with Crippen LogP contribution in [-0.2, 0) is 0 Å². The van der Waals surface area contributed by atoms with Crippen molar-refractivity contribution in [2.45, 2.75) is 87.9 Å². The highest BCUT2D eigenvalue weighted by Crippen LogP contribution is 2.37. The van der Waals surface area contributed by atoms with Crippen LogP contribution in [0.4, 0.5) is 0 Å². The molecule has 96 valence electrons. The first-order valence-corrected chi connectivity index (χ1v) is 8.73. The van der Waals surface area contributed by atoms with Crippen molar-refractivity contribution in [3.63, 3.8) is 0 Å². The van der Waals surface area contributed by atoms with E-state index in [0.29, 0.717) is 0 Å². The molecule has 0 nitrogen and oxygen atoms in total. The molecule has 0 aromatic rings. The van der Waals surface area contributed by atoms with Crippen LogP contribution in [0.1, 0.15) is 84.0 Å². The highest BCUT2D eigenvalue weighted by Gasteiger charge is 2.27. The van der Waals surface area contributed by atoms with Gasteiger partial charge in [-0.3, -0.25) is 0 Å². The zero-order valence-corrected chi connectivity index (χ0v) is 13.2. The van der Waals surface area contributed by atoms with Gasteiger partial charge in [0.25, 0.3) is 0 Å². The minimum absolute atomic E-state index is 1.02. The molecule has 1 aliphatic rings. The Labute approximate surface area is 116 Å². The molecule has 16 heavy (non-hydrogen) atoms. The van der Waals surface area contributed by atoms with Crippen LogP contribution < -0.4 is 0 Å². The van der Waals surface area contributed by atoms with E-state index < -0.39 is 0 Å². The fourth-order valence-electron chi connectivity index (χ4n) is 2.57. The van der Waals surface area contributed by atoms with E-state index in [1.54, 1.807) is 0 Å². The van der Waals surface area contributed by atoms with Gasteiger partial charge in [-0.25, -0.2) is 0 Å². The van der Waals surface area contributed by atoms with Gasteiger partial charge >= 0.3 is 0 Å². The second-order valence-electron chi connectivity index (χ2n) is 5.47. The van der Waals surface area contributed by atoms with Crippen molar-refractivity contribution in [1.29, 1.82) is 0 Å². The molecule has 0 N–H and O–H groups in total. The Morgan fingerprint density at radius 3 is 1.81 bits per heavy atom. The van der Waals surface area contributed by atoms with Gasteiger partial charge in [0, 0.05) is 3.92 Å². The summed E-state index contributed by atoms with van der Waals surface area (Å²) in [4.78, 5) is 0. The van der Waals surface area contributed by atoms with Crippen LogP contribution in [0.15, 0.2) is 0 Å². The Bertz CT molecular complexity index is 156. The quantitative estimate of drug-likeness (QED) is 0.256. The predicted octanol–water partition coefficient (Wildman–Crippen LogP) is 6.12. The molecular weight excluding hydrogens is 307 g/mol. The van der Waals surface area contributed by atoms with Gasteiger partial charge in [0.2, 0.25) is 0 Å². The second-order valence-corrected chi connectivity index (χ2v) is 7.07. The molecule has 1 aliphatic carbocycles. The average molecular weight is 336 g/mol. The lowest BCUT2D eigenvalue weighted by atomic mass is 9.81. The van der Waals surface area contributed by atoms with Gasteiger partial charge in [0.05, 0.1) is 0 Å². The van der Waals surface area contributed by atoms with Crippen LogP contribution in [0.3, 0.4) is 0 Å². The van der Waals surface area contributed by atoms with E-state index in [1.807, 2.05) is 0 Å². The molecule has 0 saturated heterocycles. The van der Waals surface area contributed by atoms with Crippen molar-refractivity contribution in [2.75, 3.05) is 0 Å². The van der Waals surface area contributed by atoms with Gasteiger partial charge in [0.15, 0.2) is 0 Å². The van der Waals surface area contributed by atoms with Crippen LogP contribution in [0, 0.1) is 5.92 Å². The van der Waals surface area contributed by atoms with Crippen molar-refractivity contribution in [2.24, 2.45) is 5.92 Å². The van der Waals surface area contributed by atoms with Gasteiger partial charge in [0.1, 0.15) is 0 Å². The first-order chi connectivity index (χ1) is 7.84. The molecule has 0 amide bonds. The molecule has 0 bridgehead atoms. The van der Waals surface area contributed by atoms with E-state index in [2.05, 4.69) is 29.5 Å². The SMILES string of the molecule is CCCCCCCCCCC[C@H]1CC[C@H]1I. The molecule has 0 radical (unpaired) electrons. The normalized spacial score (nSPS) is 24.4. The highest BCUT2D eigenvalue weighted by atomic mass is 127. The summed E-state index contributed by atoms with van der Waals surface area (Å²) in [6.45, 7) is 2.29. The van der Waals surface area contributed by atoms with E-state index in [1.165, 1.54) is 77.0 Å². The Morgan fingerprint density at radius 1 is 0.812 bits per heavy atom. The topological polar surface area (TPSA) is 0 Å². The summed E-state index contributed by atoms with van der Waals surface area (Å²) in [7, 11) is 0. The molecule has 0 aliphatic heterocycles. The maximum atomic E-state index is 2.64. The molecule has 1 fully saturated rings. The molecule has 0 heterocycles. The standard InChI is InChI=1S/C15H29I/c1-2-3-4-5-6-7-8-9-10-11-14-12-13-15(14)16/h14-15H,2-13H2,1H3/t14-,15+/m0/s1. The minimum Gasteiger partial charge on any atom is -0.0823 e. The number of hydrogen-bond acceptors (Lipinski definition) is 0. The lowest BCUT2D eigenvalue weighted by Gasteiger charge is -2.32. The summed E-state index contributed by atoms with van der Waals surface area (Å²) >= 11 is 2.64. The van der Waals surface area contributed by atoms with Gasteiger partial charge in [-0.1, -0.05) is 87.3 Å². The maximum absolute atomic E-state index is 2.64. The Hall–Kier alpha value is 0.730. The summed E-state index contributed by atoms with van der Waals surface area (Å²) in [5, 5.41) is 0. The molecule has 2 atom stereocenters. The fraction of sp³-hybridized carbons (Fsp3) is 1.00. The molecule has 1 rings (SSSR count). The summed E-state index contributed by atoms with van der Waals surface area (Å²) < 4.78 is 1.02. The average Bonchev–Trinajstić information content (AvgIpc) is 2.29. The first-order valence-electron chi connectivity index (χ1n) is 7.48. The minimum atomic E-state index is 1.02. The fourth-order valence-corrected chi connectivity index (χ4v) is 3.65. The third-order valence-electron chi connectivity index (χ3n) is 4.00. The smallest absolute Gasteiger partial charge is 0.0138 e. The first kappa shape index (κ1) is 14.8. The molecule has 1 heteroatoms. The zero-order chi connectivity index (χ0) is 11.6. The van der Waals surface area contributed by atoms with Crippen LogP contribution >= 0.6 is 22.6 Å². The third kappa shape index (κ3) is 6.46. The lowest BCUT2D eigenvalue weighted by molar-refractivity contribution is 0.312. The largest absolute Gasteiger partial charge is 0.0823 e. The number of rotatable bonds is 10.